The van der Waals surface area contributed by atoms with Gasteiger partial charge in [0.1, 0.15) is 0 Å². The monoisotopic (exact) mass is 338 g/mol. The van der Waals surface area contributed by atoms with E-state index >= 15 is 0 Å². The largest absolute Gasteiger partial charge is 0.339 e. The van der Waals surface area contributed by atoms with E-state index < -0.39 is 0 Å². The predicted molar refractivity (Wildman–Crippen MR) is 94.6 cm³/mol. The fourth-order valence-electron chi connectivity index (χ4n) is 2.95. The summed E-state index contributed by atoms with van der Waals surface area (Å²) in [6.07, 6.45) is 2.06. The van der Waals surface area contributed by atoms with Crippen LogP contribution in [0.3, 0.4) is 0 Å². The Kier molecular flexibility index (Phi) is 4.34. The highest BCUT2D eigenvalue weighted by Gasteiger charge is 2.33. The van der Waals surface area contributed by atoms with Crippen molar-refractivity contribution in [3.05, 3.63) is 66.1 Å². The molecule has 4 rings (SSSR count). The zero-order chi connectivity index (χ0) is 16.4. The second-order valence-electron chi connectivity index (χ2n) is 5.70. The average Bonchev–Trinajstić information content (AvgIpc) is 3.32. The molecule has 2 heterocycles. The number of benzene rings is 2. The molecule has 0 aliphatic carbocycles. The van der Waals surface area contributed by atoms with Crippen LogP contribution in [0.1, 0.15) is 23.4 Å². The highest BCUT2D eigenvalue weighted by Crippen LogP contribution is 2.33. The summed E-state index contributed by atoms with van der Waals surface area (Å²) in [5, 5.41) is 4.17. The van der Waals surface area contributed by atoms with Gasteiger partial charge in [-0.25, -0.2) is 5.43 Å². The molecular formula is C18H18N4OS. The minimum absolute atomic E-state index is 0.110. The van der Waals surface area contributed by atoms with Gasteiger partial charge in [0.05, 0.1) is 12.0 Å². The SMILES string of the molecule is CSc1ccc(-c2noc(C3CNNC3c3ccccc3)n2)cc1. The van der Waals surface area contributed by atoms with Gasteiger partial charge in [-0.05, 0) is 36.1 Å². The topological polar surface area (TPSA) is 63.0 Å². The van der Waals surface area contributed by atoms with Crippen LogP contribution in [0, 0.1) is 0 Å². The molecule has 1 fully saturated rings. The van der Waals surface area contributed by atoms with Gasteiger partial charge in [-0.15, -0.1) is 11.8 Å². The molecule has 0 spiro atoms. The Morgan fingerprint density at radius 1 is 1.08 bits per heavy atom. The van der Waals surface area contributed by atoms with Gasteiger partial charge in [-0.1, -0.05) is 35.5 Å². The molecule has 0 amide bonds. The van der Waals surface area contributed by atoms with Crippen LogP contribution in [0.15, 0.2) is 64.0 Å². The normalized spacial score (nSPS) is 20.4. The molecule has 2 N–H and O–H groups in total. The molecule has 3 aromatic rings. The Balaban J connectivity index is 1.59. The third-order valence-electron chi connectivity index (χ3n) is 4.25. The van der Waals surface area contributed by atoms with Crippen molar-refractivity contribution in [3.8, 4) is 11.4 Å². The molecule has 2 atom stereocenters. The second-order valence-corrected chi connectivity index (χ2v) is 6.58. The van der Waals surface area contributed by atoms with Gasteiger partial charge in [0.15, 0.2) is 0 Å². The summed E-state index contributed by atoms with van der Waals surface area (Å²) in [5.41, 5.74) is 8.68. The van der Waals surface area contributed by atoms with E-state index in [4.69, 9.17) is 4.52 Å². The van der Waals surface area contributed by atoms with Gasteiger partial charge in [0, 0.05) is 17.0 Å². The fourth-order valence-corrected chi connectivity index (χ4v) is 3.35. The molecule has 0 saturated carbocycles. The summed E-state index contributed by atoms with van der Waals surface area (Å²) in [4.78, 5) is 5.85. The third kappa shape index (κ3) is 2.96. The lowest BCUT2D eigenvalue weighted by Crippen LogP contribution is -2.24. The first-order chi connectivity index (χ1) is 11.8. The van der Waals surface area contributed by atoms with E-state index in [1.807, 2.05) is 30.3 Å². The maximum absolute atomic E-state index is 5.56. The quantitative estimate of drug-likeness (QED) is 0.711. The van der Waals surface area contributed by atoms with Crippen LogP contribution in [-0.2, 0) is 0 Å². The van der Waals surface area contributed by atoms with E-state index in [1.165, 1.54) is 10.5 Å². The zero-order valence-electron chi connectivity index (χ0n) is 13.3. The van der Waals surface area contributed by atoms with E-state index in [2.05, 4.69) is 51.5 Å². The first kappa shape index (κ1) is 15.4. The smallest absolute Gasteiger partial charge is 0.233 e. The number of nitrogens with one attached hydrogen (secondary N) is 2. The number of hydrogen-bond acceptors (Lipinski definition) is 6. The Morgan fingerprint density at radius 2 is 1.88 bits per heavy atom. The maximum atomic E-state index is 5.56. The highest BCUT2D eigenvalue weighted by atomic mass is 32.2. The molecular weight excluding hydrogens is 320 g/mol. The van der Waals surface area contributed by atoms with Gasteiger partial charge in [0.25, 0.3) is 0 Å². The summed E-state index contributed by atoms with van der Waals surface area (Å²) < 4.78 is 5.56. The Labute approximate surface area is 144 Å². The number of hydrogen-bond donors (Lipinski definition) is 2. The highest BCUT2D eigenvalue weighted by molar-refractivity contribution is 7.98. The summed E-state index contributed by atoms with van der Waals surface area (Å²) >= 11 is 1.72. The van der Waals surface area contributed by atoms with Crippen molar-refractivity contribution in [2.24, 2.45) is 0 Å². The standard InChI is InChI=1S/C18H18N4OS/c1-24-14-9-7-13(8-10-14)17-20-18(23-22-17)15-11-19-21-16(15)12-5-3-2-4-6-12/h2-10,15-16,19,21H,11H2,1H3. The van der Waals surface area contributed by atoms with Crippen LogP contribution in [0.5, 0.6) is 0 Å². The molecule has 24 heavy (non-hydrogen) atoms. The van der Waals surface area contributed by atoms with Crippen molar-refractivity contribution in [2.75, 3.05) is 12.8 Å². The van der Waals surface area contributed by atoms with Crippen LogP contribution < -0.4 is 10.9 Å². The summed E-state index contributed by atoms with van der Waals surface area (Å²) in [5.74, 6) is 1.40. The first-order valence-corrected chi connectivity index (χ1v) is 9.09. The molecule has 0 radical (unpaired) electrons. The molecule has 1 saturated heterocycles. The van der Waals surface area contributed by atoms with Crippen LogP contribution in [0.25, 0.3) is 11.4 Å². The van der Waals surface area contributed by atoms with E-state index in [9.17, 15) is 0 Å². The molecule has 1 aromatic heterocycles. The maximum Gasteiger partial charge on any atom is 0.233 e. The van der Waals surface area contributed by atoms with E-state index in [0.717, 1.165) is 12.1 Å². The number of aromatic nitrogens is 2. The van der Waals surface area contributed by atoms with Crippen LogP contribution >= 0.6 is 11.8 Å². The Bertz CT molecular complexity index is 803. The van der Waals surface area contributed by atoms with E-state index in [0.29, 0.717) is 11.7 Å². The van der Waals surface area contributed by atoms with Gasteiger partial charge in [0.2, 0.25) is 11.7 Å². The zero-order valence-corrected chi connectivity index (χ0v) is 14.1. The van der Waals surface area contributed by atoms with Crippen LogP contribution in [0.4, 0.5) is 0 Å². The number of rotatable bonds is 4. The molecule has 1 aliphatic rings. The second kappa shape index (κ2) is 6.76. The van der Waals surface area contributed by atoms with Crippen LogP contribution in [0.2, 0.25) is 0 Å². The minimum atomic E-state index is 0.110. The lowest BCUT2D eigenvalue weighted by molar-refractivity contribution is 0.347. The van der Waals surface area contributed by atoms with E-state index in [-0.39, 0.29) is 12.0 Å². The Hall–Kier alpha value is -2.15. The molecule has 1 aliphatic heterocycles. The van der Waals surface area contributed by atoms with Gasteiger partial charge in [-0.2, -0.15) is 4.98 Å². The molecule has 5 nitrogen and oxygen atoms in total. The number of nitrogens with zero attached hydrogens (tertiary/aromatic N) is 2. The molecule has 122 valence electrons. The molecule has 2 aromatic carbocycles. The minimum Gasteiger partial charge on any atom is -0.339 e. The van der Waals surface area contributed by atoms with Crippen molar-refractivity contribution < 1.29 is 4.52 Å². The van der Waals surface area contributed by atoms with Gasteiger partial charge in [-0.3, -0.25) is 5.43 Å². The predicted octanol–water partition coefficient (Wildman–Crippen LogP) is 3.39. The molecule has 0 bridgehead atoms. The Morgan fingerprint density at radius 3 is 2.62 bits per heavy atom. The summed E-state index contributed by atoms with van der Waals surface area (Å²) in [6.45, 7) is 0.757. The average molecular weight is 338 g/mol. The lowest BCUT2D eigenvalue weighted by atomic mass is 9.95. The number of thioether (sulfide) groups is 1. The van der Waals surface area contributed by atoms with Crippen molar-refractivity contribution in [2.45, 2.75) is 16.9 Å². The lowest BCUT2D eigenvalue weighted by Gasteiger charge is -2.15. The van der Waals surface area contributed by atoms with Crippen molar-refractivity contribution in [3.63, 3.8) is 0 Å². The van der Waals surface area contributed by atoms with Gasteiger partial charge >= 0.3 is 0 Å². The molecule has 2 unspecified atom stereocenters. The summed E-state index contributed by atoms with van der Waals surface area (Å²) in [7, 11) is 0. The van der Waals surface area contributed by atoms with Crippen molar-refractivity contribution >= 4 is 11.8 Å². The fraction of sp³-hybridized carbons (Fsp3) is 0.222. The number of hydrazine groups is 1. The van der Waals surface area contributed by atoms with Gasteiger partial charge < -0.3 is 4.52 Å². The third-order valence-corrected chi connectivity index (χ3v) is 4.99. The van der Waals surface area contributed by atoms with Crippen molar-refractivity contribution in [1.82, 2.24) is 21.0 Å². The summed E-state index contributed by atoms with van der Waals surface area (Å²) in [6, 6.07) is 18.6. The van der Waals surface area contributed by atoms with Crippen molar-refractivity contribution in [1.29, 1.82) is 0 Å². The van der Waals surface area contributed by atoms with Crippen LogP contribution in [-0.4, -0.2) is 22.9 Å². The first-order valence-electron chi connectivity index (χ1n) is 7.86. The van der Waals surface area contributed by atoms with E-state index in [1.54, 1.807) is 11.8 Å². The molecule has 6 heteroatoms.